The minimum Gasteiger partial charge on any atom is -0.496 e. The van der Waals surface area contributed by atoms with Crippen LogP contribution in [0.3, 0.4) is 0 Å². The van der Waals surface area contributed by atoms with Crippen LogP contribution < -0.4 is 14.9 Å². The van der Waals surface area contributed by atoms with Crippen LogP contribution in [0.25, 0.3) is 0 Å². The van der Waals surface area contributed by atoms with Crippen LogP contribution >= 0.6 is 0 Å². The molecule has 0 fully saturated rings. The number of nitrogens with one attached hydrogen (secondary N) is 1. The Morgan fingerprint density at radius 3 is 2.70 bits per heavy atom. The van der Waals surface area contributed by atoms with Crippen LogP contribution in [0.15, 0.2) is 47.6 Å². The van der Waals surface area contributed by atoms with Gasteiger partial charge in [-0.3, -0.25) is 4.79 Å². The Kier molecular flexibility index (Phi) is 8.36. The molecular weight excluding hydrogens is 340 g/mol. The third kappa shape index (κ3) is 6.44. The van der Waals surface area contributed by atoms with Crippen LogP contribution in [0.4, 0.5) is 0 Å². The van der Waals surface area contributed by atoms with Gasteiger partial charge in [0.2, 0.25) is 0 Å². The van der Waals surface area contributed by atoms with E-state index in [1.165, 1.54) is 19.3 Å². The van der Waals surface area contributed by atoms with E-state index in [1.807, 2.05) is 43.3 Å². The number of hydrogen-bond donors (Lipinski definition) is 1. The number of benzene rings is 2. The van der Waals surface area contributed by atoms with E-state index in [1.54, 1.807) is 19.4 Å². The summed E-state index contributed by atoms with van der Waals surface area (Å²) in [6, 6.07) is 13.1. The molecule has 0 aliphatic rings. The van der Waals surface area contributed by atoms with E-state index in [0.717, 1.165) is 23.3 Å². The summed E-state index contributed by atoms with van der Waals surface area (Å²) in [6.07, 6.45) is 6.22. The van der Waals surface area contributed by atoms with Gasteiger partial charge in [0.25, 0.3) is 5.91 Å². The van der Waals surface area contributed by atoms with Gasteiger partial charge < -0.3 is 9.47 Å². The molecule has 0 saturated carbocycles. The number of para-hydroxylation sites is 1. The molecule has 0 atom stereocenters. The lowest BCUT2D eigenvalue weighted by Crippen LogP contribution is -2.18. The van der Waals surface area contributed by atoms with Crippen LogP contribution in [0.2, 0.25) is 0 Å². The highest BCUT2D eigenvalue weighted by atomic mass is 16.5. The molecule has 2 aromatic carbocycles. The summed E-state index contributed by atoms with van der Waals surface area (Å²) in [6.45, 7) is 4.81. The largest absolute Gasteiger partial charge is 0.496 e. The quantitative estimate of drug-likeness (QED) is 0.375. The average Bonchev–Trinajstić information content (AvgIpc) is 2.68. The summed E-state index contributed by atoms with van der Waals surface area (Å²) in [7, 11) is 1.54. The molecule has 0 radical (unpaired) electrons. The average molecular weight is 368 g/mol. The molecule has 0 unspecified atom stereocenters. The van der Waals surface area contributed by atoms with Gasteiger partial charge in [0.15, 0.2) is 0 Å². The van der Waals surface area contributed by atoms with E-state index in [4.69, 9.17) is 9.47 Å². The highest BCUT2D eigenvalue weighted by molar-refractivity contribution is 5.97. The standard InChI is InChI=1S/C22H28N2O3/c1-4-5-6-9-14-27-20-11-8-7-10-18(20)16-23-24-22(25)19-13-12-17(2)15-21(19)26-3/h7-8,10-13,15-16H,4-6,9,14H2,1-3H3,(H,24,25)/b23-16+. The third-order valence-electron chi connectivity index (χ3n) is 4.15. The van der Waals surface area contributed by atoms with Gasteiger partial charge in [-0.25, -0.2) is 5.43 Å². The number of ether oxygens (including phenoxy) is 2. The number of methoxy groups -OCH3 is 1. The second-order valence-corrected chi connectivity index (χ2v) is 6.35. The molecule has 0 heterocycles. The van der Waals surface area contributed by atoms with Gasteiger partial charge in [-0.15, -0.1) is 0 Å². The number of amides is 1. The Morgan fingerprint density at radius 1 is 1.11 bits per heavy atom. The number of unbranched alkanes of at least 4 members (excludes halogenated alkanes) is 3. The summed E-state index contributed by atoms with van der Waals surface area (Å²) in [4.78, 5) is 12.3. The number of rotatable bonds is 10. The Balaban J connectivity index is 1.97. The molecule has 0 aliphatic heterocycles. The number of nitrogens with zero attached hydrogens (tertiary/aromatic N) is 1. The normalized spacial score (nSPS) is 10.8. The van der Waals surface area contributed by atoms with Crippen molar-refractivity contribution >= 4 is 12.1 Å². The number of hydrazone groups is 1. The van der Waals surface area contributed by atoms with E-state index in [9.17, 15) is 4.79 Å². The summed E-state index contributed by atoms with van der Waals surface area (Å²) in [5.74, 6) is 0.972. The smallest absolute Gasteiger partial charge is 0.275 e. The van der Waals surface area contributed by atoms with Crippen LogP contribution in [-0.4, -0.2) is 25.8 Å². The fourth-order valence-corrected chi connectivity index (χ4v) is 2.64. The van der Waals surface area contributed by atoms with Gasteiger partial charge in [0.05, 0.1) is 25.5 Å². The second-order valence-electron chi connectivity index (χ2n) is 6.35. The predicted molar refractivity (Wildman–Crippen MR) is 109 cm³/mol. The molecule has 2 rings (SSSR count). The number of aryl methyl sites for hydroxylation is 1. The molecule has 5 nitrogen and oxygen atoms in total. The molecule has 0 aliphatic carbocycles. The number of carbonyl (C=O) groups excluding carboxylic acids is 1. The molecule has 2 aromatic rings. The zero-order chi connectivity index (χ0) is 19.5. The summed E-state index contributed by atoms with van der Waals surface area (Å²) < 4.78 is 11.1. The van der Waals surface area contributed by atoms with Gasteiger partial charge in [-0.05, 0) is 43.2 Å². The molecule has 144 valence electrons. The first-order valence-electron chi connectivity index (χ1n) is 9.35. The van der Waals surface area contributed by atoms with Crippen LogP contribution in [0, 0.1) is 6.92 Å². The van der Waals surface area contributed by atoms with E-state index in [0.29, 0.717) is 17.9 Å². The van der Waals surface area contributed by atoms with Gasteiger partial charge in [-0.1, -0.05) is 44.4 Å². The van der Waals surface area contributed by atoms with E-state index in [-0.39, 0.29) is 5.91 Å². The molecule has 0 saturated heterocycles. The minimum atomic E-state index is -0.318. The maximum atomic E-state index is 12.3. The van der Waals surface area contributed by atoms with Gasteiger partial charge in [0.1, 0.15) is 11.5 Å². The summed E-state index contributed by atoms with van der Waals surface area (Å²) in [5.41, 5.74) is 4.84. The van der Waals surface area contributed by atoms with E-state index in [2.05, 4.69) is 17.5 Å². The first kappa shape index (κ1) is 20.5. The first-order chi connectivity index (χ1) is 13.2. The summed E-state index contributed by atoms with van der Waals surface area (Å²) >= 11 is 0. The maximum Gasteiger partial charge on any atom is 0.275 e. The molecule has 1 amide bonds. The Labute approximate surface area is 161 Å². The highest BCUT2D eigenvalue weighted by Gasteiger charge is 2.11. The number of hydrogen-bond acceptors (Lipinski definition) is 4. The topological polar surface area (TPSA) is 59.9 Å². The summed E-state index contributed by atoms with van der Waals surface area (Å²) in [5, 5.41) is 4.07. The van der Waals surface area contributed by atoms with Crippen molar-refractivity contribution < 1.29 is 14.3 Å². The monoisotopic (exact) mass is 368 g/mol. The highest BCUT2D eigenvalue weighted by Crippen LogP contribution is 2.20. The van der Waals surface area contributed by atoms with Crippen molar-refractivity contribution in [1.82, 2.24) is 5.43 Å². The molecular formula is C22H28N2O3. The van der Waals surface area contributed by atoms with E-state index < -0.39 is 0 Å². The fourth-order valence-electron chi connectivity index (χ4n) is 2.64. The van der Waals surface area contributed by atoms with Crippen molar-refractivity contribution in [3.8, 4) is 11.5 Å². The first-order valence-corrected chi connectivity index (χ1v) is 9.35. The van der Waals surface area contributed by atoms with Gasteiger partial charge >= 0.3 is 0 Å². The zero-order valence-corrected chi connectivity index (χ0v) is 16.3. The fraction of sp³-hybridized carbons (Fsp3) is 0.364. The van der Waals surface area contributed by atoms with Crippen LogP contribution in [0.1, 0.15) is 54.1 Å². The lowest BCUT2D eigenvalue weighted by atomic mass is 10.1. The minimum absolute atomic E-state index is 0.318. The second kappa shape index (κ2) is 11.0. The third-order valence-corrected chi connectivity index (χ3v) is 4.15. The lowest BCUT2D eigenvalue weighted by Gasteiger charge is -2.09. The molecule has 27 heavy (non-hydrogen) atoms. The Bertz CT molecular complexity index is 772. The van der Waals surface area contributed by atoms with Crippen molar-refractivity contribution in [2.24, 2.45) is 5.10 Å². The lowest BCUT2D eigenvalue weighted by molar-refractivity contribution is 0.0952. The number of carbonyl (C=O) groups is 1. The Hall–Kier alpha value is -2.82. The van der Waals surface area contributed by atoms with Gasteiger partial charge in [-0.2, -0.15) is 5.10 Å². The van der Waals surface area contributed by atoms with Crippen LogP contribution in [0.5, 0.6) is 11.5 Å². The Morgan fingerprint density at radius 2 is 1.93 bits per heavy atom. The van der Waals surface area contributed by atoms with E-state index >= 15 is 0 Å². The molecule has 0 spiro atoms. The predicted octanol–water partition coefficient (Wildman–Crippen LogP) is 4.73. The SMILES string of the molecule is CCCCCCOc1ccccc1/C=N/NC(=O)c1ccc(C)cc1OC. The van der Waals surface area contributed by atoms with Crippen molar-refractivity contribution in [1.29, 1.82) is 0 Å². The molecule has 5 heteroatoms. The molecule has 1 N–H and O–H groups in total. The maximum absolute atomic E-state index is 12.3. The molecule has 0 bridgehead atoms. The zero-order valence-electron chi connectivity index (χ0n) is 16.3. The van der Waals surface area contributed by atoms with Crippen molar-refractivity contribution in [2.75, 3.05) is 13.7 Å². The van der Waals surface area contributed by atoms with Crippen molar-refractivity contribution in [2.45, 2.75) is 39.5 Å². The van der Waals surface area contributed by atoms with Crippen molar-refractivity contribution in [3.63, 3.8) is 0 Å². The van der Waals surface area contributed by atoms with Crippen LogP contribution in [-0.2, 0) is 0 Å². The van der Waals surface area contributed by atoms with Gasteiger partial charge in [0, 0.05) is 5.56 Å². The molecule has 0 aromatic heterocycles. The van der Waals surface area contributed by atoms with Crippen molar-refractivity contribution in [3.05, 3.63) is 59.2 Å².